The molecule has 0 spiro atoms. The van der Waals surface area contributed by atoms with E-state index >= 15 is 0 Å². The van der Waals surface area contributed by atoms with Crippen LogP contribution in [-0.2, 0) is 23.5 Å². The van der Waals surface area contributed by atoms with Crippen molar-refractivity contribution in [2.75, 3.05) is 0 Å². The van der Waals surface area contributed by atoms with E-state index in [-0.39, 0.29) is 0 Å². The van der Waals surface area contributed by atoms with Crippen LogP contribution in [0.1, 0.15) is 22.3 Å². The Hall–Kier alpha value is -3.25. The molecule has 0 aliphatic heterocycles. The highest BCUT2D eigenvalue weighted by atomic mass is 35.5. The fourth-order valence-corrected chi connectivity index (χ4v) is 9.27. The number of thioether (sulfide) groups is 2. The number of hydrogen-bond donors (Lipinski definition) is 0. The summed E-state index contributed by atoms with van der Waals surface area (Å²) in [4.78, 5) is -0.674. The highest BCUT2D eigenvalue weighted by molar-refractivity contribution is 8.00. The lowest BCUT2D eigenvalue weighted by molar-refractivity contribution is 0.130. The van der Waals surface area contributed by atoms with E-state index in [1.807, 2.05) is 170 Å². The van der Waals surface area contributed by atoms with Crippen LogP contribution in [0.15, 0.2) is 180 Å². The third-order valence-electron chi connectivity index (χ3n) is 7.22. The molecule has 6 aromatic carbocycles. The van der Waals surface area contributed by atoms with E-state index in [2.05, 4.69) is 0 Å². The average molecular weight is 700 g/mol. The predicted octanol–water partition coefficient (Wildman–Crippen LogP) is 12.1. The second-order valence-corrected chi connectivity index (χ2v) is 14.5. The van der Waals surface area contributed by atoms with Gasteiger partial charge >= 0.3 is 8.25 Å². The lowest BCUT2D eigenvalue weighted by Crippen LogP contribution is -2.29. The molecule has 0 N–H and O–H groups in total. The van der Waals surface area contributed by atoms with Gasteiger partial charge in [-0.25, -0.2) is 0 Å². The van der Waals surface area contributed by atoms with Crippen molar-refractivity contribution in [3.05, 3.63) is 202 Å². The minimum absolute atomic E-state index is 0.627. The normalized spacial score (nSPS) is 11.9. The summed E-state index contributed by atoms with van der Waals surface area (Å²) in [6.45, 7) is 0. The summed E-state index contributed by atoms with van der Waals surface area (Å²) in [5.41, 5.74) is 3.27. The fraction of sp³-hybridized carbons (Fsp3) is 0.0526. The summed E-state index contributed by atoms with van der Waals surface area (Å²) in [6, 6.07) is 54.3. The first kappa shape index (κ1) is 32.7. The first-order valence-corrected chi connectivity index (χ1v) is 18.1. The van der Waals surface area contributed by atoms with E-state index in [1.165, 1.54) is 23.5 Å². The Morgan fingerprint density at radius 3 is 0.935 bits per heavy atom. The maximum Gasteiger partial charge on any atom is 0.323 e. The molecule has 6 aromatic rings. The monoisotopic (exact) mass is 698 g/mol. The molecule has 0 saturated heterocycles. The maximum absolute atomic E-state index is 14.7. The summed E-state index contributed by atoms with van der Waals surface area (Å²) < 4.78 is 28.4. The van der Waals surface area contributed by atoms with Crippen LogP contribution < -0.4 is 0 Å². The molecule has 0 atom stereocenters. The third-order valence-corrected chi connectivity index (χ3v) is 11.7. The summed E-state index contributed by atoms with van der Waals surface area (Å²) in [7, 11) is -3.29. The third kappa shape index (κ3) is 7.48. The van der Waals surface area contributed by atoms with E-state index < -0.39 is 18.1 Å². The molecule has 0 fully saturated rings. The molecule has 0 unspecified atom stereocenters. The van der Waals surface area contributed by atoms with Gasteiger partial charge in [0.05, 0.1) is 0 Å². The SMILES string of the molecule is O=[PH](OC(Sc1ccc(Cl)cc1)(c1ccccc1)c1ccccc1)OC(Sc1ccc(Cl)cc1)(c1ccccc1)c1ccccc1. The molecule has 8 heteroatoms. The minimum atomic E-state index is -3.29. The molecule has 0 bridgehead atoms. The van der Waals surface area contributed by atoms with Crippen molar-refractivity contribution in [3.8, 4) is 0 Å². The molecule has 3 nitrogen and oxygen atoms in total. The Morgan fingerprint density at radius 2 is 0.674 bits per heavy atom. The van der Waals surface area contributed by atoms with Gasteiger partial charge in [-0.15, -0.1) is 0 Å². The van der Waals surface area contributed by atoms with E-state index in [1.54, 1.807) is 0 Å². The van der Waals surface area contributed by atoms with Crippen LogP contribution in [-0.4, -0.2) is 0 Å². The van der Waals surface area contributed by atoms with E-state index in [9.17, 15) is 4.57 Å². The zero-order valence-corrected chi connectivity index (χ0v) is 28.6. The first-order valence-electron chi connectivity index (χ1n) is 14.5. The van der Waals surface area contributed by atoms with Crippen LogP contribution in [0.3, 0.4) is 0 Å². The van der Waals surface area contributed by atoms with Crippen LogP contribution in [0.2, 0.25) is 10.0 Å². The standard InChI is InChI=1S/C38H29Cl2O3PS2/c39-33-21-25-35(26-22-33)45-37(29-13-5-1-6-14-29,30-15-7-2-8-16-30)42-44(41)43-38(31-17-9-3-10-18-31,32-19-11-4-12-20-32)46-36-27-23-34(40)24-28-36/h1-28,44H. The quantitative estimate of drug-likeness (QED) is 0.0722. The van der Waals surface area contributed by atoms with Crippen LogP contribution in [0.5, 0.6) is 0 Å². The summed E-state index contributed by atoms with van der Waals surface area (Å²) >= 11 is 15.4. The van der Waals surface area contributed by atoms with E-state index in [0.717, 1.165) is 32.0 Å². The van der Waals surface area contributed by atoms with Gasteiger partial charge in [0, 0.05) is 19.8 Å². The van der Waals surface area contributed by atoms with Gasteiger partial charge in [0.1, 0.15) is 0 Å². The first-order chi connectivity index (χ1) is 22.5. The van der Waals surface area contributed by atoms with Gasteiger partial charge in [0.2, 0.25) is 0 Å². The second-order valence-electron chi connectivity index (χ2n) is 10.3. The van der Waals surface area contributed by atoms with Crippen molar-refractivity contribution in [2.24, 2.45) is 0 Å². The molecular formula is C38H29Cl2O3PS2. The number of halogens is 2. The lowest BCUT2D eigenvalue weighted by atomic mass is 10.0. The Labute approximate surface area is 288 Å². The average Bonchev–Trinajstić information content (AvgIpc) is 3.11. The van der Waals surface area contributed by atoms with Crippen molar-refractivity contribution in [1.29, 1.82) is 0 Å². The summed E-state index contributed by atoms with van der Waals surface area (Å²) in [5, 5.41) is 1.25. The Bertz CT molecular complexity index is 1640. The van der Waals surface area contributed by atoms with Crippen molar-refractivity contribution in [2.45, 2.75) is 19.7 Å². The molecule has 46 heavy (non-hydrogen) atoms. The van der Waals surface area contributed by atoms with Gasteiger partial charge in [-0.3, -0.25) is 13.6 Å². The number of benzene rings is 6. The highest BCUT2D eigenvalue weighted by Gasteiger charge is 2.44. The van der Waals surface area contributed by atoms with Gasteiger partial charge in [0.15, 0.2) is 9.87 Å². The lowest BCUT2D eigenvalue weighted by Gasteiger charge is -2.37. The Kier molecular flexibility index (Phi) is 10.7. The summed E-state index contributed by atoms with van der Waals surface area (Å²) in [5.74, 6) is 0. The minimum Gasteiger partial charge on any atom is -0.283 e. The zero-order chi connectivity index (χ0) is 31.8. The molecule has 230 valence electrons. The van der Waals surface area contributed by atoms with Crippen LogP contribution in [0.4, 0.5) is 0 Å². The molecule has 6 rings (SSSR count). The van der Waals surface area contributed by atoms with Crippen molar-refractivity contribution >= 4 is 55.0 Å². The number of hydrogen-bond acceptors (Lipinski definition) is 5. The van der Waals surface area contributed by atoms with Crippen LogP contribution in [0.25, 0.3) is 0 Å². The molecular weight excluding hydrogens is 670 g/mol. The molecule has 0 aliphatic rings. The molecule has 0 aromatic heterocycles. The van der Waals surface area contributed by atoms with Gasteiger partial charge in [-0.2, -0.15) is 0 Å². The van der Waals surface area contributed by atoms with Crippen molar-refractivity contribution in [3.63, 3.8) is 0 Å². The fourth-order valence-electron chi connectivity index (χ4n) is 5.07. The summed E-state index contributed by atoms with van der Waals surface area (Å²) in [6.07, 6.45) is 0. The second kappa shape index (κ2) is 15.1. The molecule has 0 radical (unpaired) electrons. The Balaban J connectivity index is 1.49. The molecule has 0 amide bonds. The Morgan fingerprint density at radius 1 is 0.413 bits per heavy atom. The largest absolute Gasteiger partial charge is 0.323 e. The number of rotatable bonds is 12. The topological polar surface area (TPSA) is 35.5 Å². The van der Waals surface area contributed by atoms with Gasteiger partial charge in [0.25, 0.3) is 0 Å². The van der Waals surface area contributed by atoms with Crippen molar-refractivity contribution < 1.29 is 13.6 Å². The van der Waals surface area contributed by atoms with E-state index in [4.69, 9.17) is 32.2 Å². The zero-order valence-electron chi connectivity index (χ0n) is 24.5. The van der Waals surface area contributed by atoms with Crippen molar-refractivity contribution in [1.82, 2.24) is 0 Å². The van der Waals surface area contributed by atoms with Crippen LogP contribution in [0, 0.1) is 0 Å². The van der Waals surface area contributed by atoms with Gasteiger partial charge < -0.3 is 0 Å². The van der Waals surface area contributed by atoms with Crippen LogP contribution >= 0.6 is 55.0 Å². The van der Waals surface area contributed by atoms with Gasteiger partial charge in [-0.1, -0.05) is 168 Å². The van der Waals surface area contributed by atoms with E-state index in [0.29, 0.717) is 10.0 Å². The molecule has 0 aliphatic carbocycles. The smallest absolute Gasteiger partial charge is 0.283 e. The molecule has 0 saturated carbocycles. The maximum atomic E-state index is 14.7. The highest BCUT2D eigenvalue weighted by Crippen LogP contribution is 2.58. The molecule has 0 heterocycles. The predicted molar refractivity (Wildman–Crippen MR) is 193 cm³/mol. The van der Waals surface area contributed by atoms with Gasteiger partial charge in [-0.05, 0) is 70.8 Å².